The number of amides is 1. The van der Waals surface area contributed by atoms with Gasteiger partial charge in [0.2, 0.25) is 5.76 Å². The molecule has 0 radical (unpaired) electrons. The lowest BCUT2D eigenvalue weighted by Gasteiger charge is -2.21. The number of aryl methyl sites for hydroxylation is 2. The first-order chi connectivity index (χ1) is 11.0. The van der Waals surface area contributed by atoms with Gasteiger partial charge in [-0.3, -0.25) is 14.9 Å². The Hall–Kier alpha value is -2.70. The van der Waals surface area contributed by atoms with Crippen LogP contribution in [0.25, 0.3) is 0 Å². The monoisotopic (exact) mass is 315 g/mol. The molecule has 7 heteroatoms. The van der Waals surface area contributed by atoms with Gasteiger partial charge in [-0.25, -0.2) is 4.98 Å². The molecule has 1 fully saturated rings. The second-order valence-corrected chi connectivity index (χ2v) is 5.74. The molecule has 0 bridgehead atoms. The quantitative estimate of drug-likeness (QED) is 0.625. The summed E-state index contributed by atoms with van der Waals surface area (Å²) in [4.78, 5) is 28.9. The summed E-state index contributed by atoms with van der Waals surface area (Å²) in [6, 6.07) is 6.46. The van der Waals surface area contributed by atoms with Crippen molar-refractivity contribution in [3.63, 3.8) is 0 Å². The number of nitrogens with zero attached hydrogens (tertiary/aromatic N) is 3. The van der Waals surface area contributed by atoms with Crippen LogP contribution in [0.4, 0.5) is 5.69 Å². The highest BCUT2D eigenvalue weighted by Crippen LogP contribution is 2.30. The van der Waals surface area contributed by atoms with Gasteiger partial charge in [-0.15, -0.1) is 0 Å². The zero-order chi connectivity index (χ0) is 16.6. The van der Waals surface area contributed by atoms with Crippen LogP contribution >= 0.6 is 0 Å². The van der Waals surface area contributed by atoms with E-state index >= 15 is 0 Å². The molecular formula is C16H17N3O4. The molecule has 1 aliphatic carbocycles. The van der Waals surface area contributed by atoms with E-state index in [0.29, 0.717) is 18.1 Å². The molecule has 120 valence electrons. The van der Waals surface area contributed by atoms with Crippen LogP contribution in [-0.4, -0.2) is 26.8 Å². The Balaban J connectivity index is 1.80. The van der Waals surface area contributed by atoms with Crippen molar-refractivity contribution in [2.45, 2.75) is 39.3 Å². The predicted molar refractivity (Wildman–Crippen MR) is 82.0 cm³/mol. The Labute approximate surface area is 133 Å². The highest BCUT2D eigenvalue weighted by Gasteiger charge is 2.35. The molecule has 23 heavy (non-hydrogen) atoms. The number of nitro benzene ring substituents is 1. The van der Waals surface area contributed by atoms with E-state index in [1.54, 1.807) is 30.9 Å². The third-order valence-corrected chi connectivity index (χ3v) is 3.85. The topological polar surface area (TPSA) is 89.5 Å². The maximum atomic E-state index is 12.7. The maximum absolute atomic E-state index is 12.7. The lowest BCUT2D eigenvalue weighted by atomic mass is 10.2. The normalized spacial score (nSPS) is 13.8. The average Bonchev–Trinajstić information content (AvgIpc) is 3.29. The fourth-order valence-corrected chi connectivity index (χ4v) is 2.53. The molecule has 7 nitrogen and oxygen atoms in total. The number of oxazole rings is 1. The average molecular weight is 315 g/mol. The summed E-state index contributed by atoms with van der Waals surface area (Å²) in [6.45, 7) is 3.86. The molecule has 2 aromatic rings. The van der Waals surface area contributed by atoms with E-state index in [2.05, 4.69) is 4.98 Å². The largest absolute Gasteiger partial charge is 0.436 e. The minimum Gasteiger partial charge on any atom is -0.436 e. The number of nitro groups is 1. The Morgan fingerprint density at radius 3 is 2.48 bits per heavy atom. The highest BCUT2D eigenvalue weighted by molar-refractivity contribution is 5.92. The summed E-state index contributed by atoms with van der Waals surface area (Å²) in [5, 5.41) is 10.7. The van der Waals surface area contributed by atoms with E-state index in [1.807, 2.05) is 0 Å². The van der Waals surface area contributed by atoms with Crippen LogP contribution in [0, 0.1) is 24.0 Å². The molecule has 0 atom stereocenters. The van der Waals surface area contributed by atoms with Crippen molar-refractivity contribution in [1.29, 1.82) is 0 Å². The molecule has 1 amide bonds. The molecule has 3 rings (SSSR count). The first kappa shape index (κ1) is 15.2. The number of carbonyl (C=O) groups is 1. The summed E-state index contributed by atoms with van der Waals surface area (Å²) in [6.07, 6.45) is 1.93. The number of non-ortho nitro benzene ring substituents is 1. The van der Waals surface area contributed by atoms with Crippen LogP contribution in [0.5, 0.6) is 0 Å². The second kappa shape index (κ2) is 5.83. The molecule has 0 aliphatic heterocycles. The highest BCUT2D eigenvalue weighted by atomic mass is 16.6. The van der Waals surface area contributed by atoms with E-state index in [0.717, 1.165) is 18.4 Å². The van der Waals surface area contributed by atoms with E-state index in [9.17, 15) is 14.9 Å². The Kier molecular flexibility index (Phi) is 3.85. The standard InChI is InChI=1S/C16H17N3O4/c1-10-15(23-11(2)17-10)16(20)18(13-7-8-13)9-12-3-5-14(6-4-12)19(21)22/h3-6,13H,7-9H2,1-2H3. The van der Waals surface area contributed by atoms with Gasteiger partial charge in [0.1, 0.15) is 0 Å². The summed E-state index contributed by atoms with van der Waals surface area (Å²) < 4.78 is 5.43. The molecule has 0 N–H and O–H groups in total. The number of carbonyl (C=O) groups excluding carboxylic acids is 1. The fourth-order valence-electron chi connectivity index (χ4n) is 2.53. The summed E-state index contributed by atoms with van der Waals surface area (Å²) >= 11 is 0. The molecule has 1 saturated carbocycles. The first-order valence-electron chi connectivity index (χ1n) is 7.44. The van der Waals surface area contributed by atoms with Gasteiger partial charge in [0, 0.05) is 31.6 Å². The van der Waals surface area contributed by atoms with Crippen LogP contribution in [0.3, 0.4) is 0 Å². The van der Waals surface area contributed by atoms with Crippen LogP contribution in [-0.2, 0) is 6.54 Å². The van der Waals surface area contributed by atoms with E-state index in [1.165, 1.54) is 12.1 Å². The van der Waals surface area contributed by atoms with Gasteiger partial charge < -0.3 is 9.32 Å². The fraction of sp³-hybridized carbons (Fsp3) is 0.375. The van der Waals surface area contributed by atoms with E-state index in [-0.39, 0.29) is 23.4 Å². The van der Waals surface area contributed by atoms with Crippen molar-refractivity contribution in [2.24, 2.45) is 0 Å². The summed E-state index contributed by atoms with van der Waals surface area (Å²) in [7, 11) is 0. The Bertz CT molecular complexity index is 747. The molecule has 1 heterocycles. The third kappa shape index (κ3) is 3.23. The van der Waals surface area contributed by atoms with Crippen molar-refractivity contribution < 1.29 is 14.1 Å². The van der Waals surface area contributed by atoms with Crippen molar-refractivity contribution in [2.75, 3.05) is 0 Å². The summed E-state index contributed by atoms with van der Waals surface area (Å²) in [5.74, 6) is 0.567. The molecule has 0 spiro atoms. The van der Waals surface area contributed by atoms with Gasteiger partial charge in [0.15, 0.2) is 5.89 Å². The predicted octanol–water partition coefficient (Wildman–Crippen LogP) is 3.00. The van der Waals surface area contributed by atoms with Gasteiger partial charge >= 0.3 is 0 Å². The minimum atomic E-state index is -0.436. The van der Waals surface area contributed by atoms with Gasteiger partial charge in [-0.2, -0.15) is 0 Å². The van der Waals surface area contributed by atoms with Crippen molar-refractivity contribution >= 4 is 11.6 Å². The van der Waals surface area contributed by atoms with Crippen LogP contribution in [0.2, 0.25) is 0 Å². The number of hydrogen-bond donors (Lipinski definition) is 0. The van der Waals surface area contributed by atoms with Crippen LogP contribution in [0.15, 0.2) is 28.7 Å². The summed E-state index contributed by atoms with van der Waals surface area (Å²) in [5.41, 5.74) is 1.48. The number of rotatable bonds is 5. The lowest BCUT2D eigenvalue weighted by molar-refractivity contribution is -0.384. The van der Waals surface area contributed by atoms with Gasteiger partial charge in [0.25, 0.3) is 11.6 Å². The molecule has 0 unspecified atom stereocenters. The maximum Gasteiger partial charge on any atom is 0.292 e. The lowest BCUT2D eigenvalue weighted by Crippen LogP contribution is -2.32. The van der Waals surface area contributed by atoms with E-state index < -0.39 is 4.92 Å². The van der Waals surface area contributed by atoms with Crippen molar-refractivity contribution in [3.8, 4) is 0 Å². The second-order valence-electron chi connectivity index (χ2n) is 5.74. The third-order valence-electron chi connectivity index (χ3n) is 3.85. The van der Waals surface area contributed by atoms with Crippen LogP contribution in [0.1, 0.15) is 40.5 Å². The molecule has 1 aliphatic rings. The Morgan fingerprint density at radius 1 is 1.35 bits per heavy atom. The molecule has 1 aromatic heterocycles. The smallest absolute Gasteiger partial charge is 0.292 e. The van der Waals surface area contributed by atoms with Crippen molar-refractivity contribution in [3.05, 3.63) is 57.3 Å². The molecule has 1 aromatic carbocycles. The van der Waals surface area contributed by atoms with E-state index in [4.69, 9.17) is 4.42 Å². The number of aromatic nitrogens is 1. The zero-order valence-electron chi connectivity index (χ0n) is 13.0. The Morgan fingerprint density at radius 2 is 2.00 bits per heavy atom. The SMILES string of the molecule is Cc1nc(C)c(C(=O)N(Cc2ccc([N+](=O)[O-])cc2)C2CC2)o1. The van der Waals surface area contributed by atoms with Crippen molar-refractivity contribution in [1.82, 2.24) is 9.88 Å². The van der Waals surface area contributed by atoms with Gasteiger partial charge in [-0.1, -0.05) is 12.1 Å². The first-order valence-corrected chi connectivity index (χ1v) is 7.44. The van der Waals surface area contributed by atoms with Gasteiger partial charge in [0.05, 0.1) is 10.6 Å². The van der Waals surface area contributed by atoms with Crippen LogP contribution < -0.4 is 0 Å². The number of benzene rings is 1. The molecule has 0 saturated heterocycles. The zero-order valence-corrected chi connectivity index (χ0v) is 13.0. The van der Waals surface area contributed by atoms with Gasteiger partial charge in [-0.05, 0) is 25.3 Å². The molecular weight excluding hydrogens is 298 g/mol. The minimum absolute atomic E-state index is 0.0414. The number of hydrogen-bond acceptors (Lipinski definition) is 5.